The molecule has 1 nitrogen and oxygen atoms in total. The quantitative estimate of drug-likeness (QED) is 0.382. The summed E-state index contributed by atoms with van der Waals surface area (Å²) in [6.07, 6.45) is 2.99. The van der Waals surface area contributed by atoms with Gasteiger partial charge in [-0.2, -0.15) is 0 Å². The van der Waals surface area contributed by atoms with Gasteiger partial charge in [0.05, 0.1) is 0 Å². The van der Waals surface area contributed by atoms with E-state index < -0.39 is 11.2 Å². The summed E-state index contributed by atoms with van der Waals surface area (Å²) in [4.78, 5) is 0. The van der Waals surface area contributed by atoms with E-state index in [1.54, 1.807) is 0 Å². The fraction of sp³-hybridized carbons (Fsp3) is 0.667. The van der Waals surface area contributed by atoms with E-state index in [1.807, 2.05) is 6.08 Å². The molecule has 2 unspecified atom stereocenters. The number of hydrogen-bond acceptors (Lipinski definition) is 1. The van der Waals surface area contributed by atoms with Gasteiger partial charge >= 0.3 is 0 Å². The minimum atomic E-state index is -0.524. The molecule has 1 aliphatic heterocycles. The molecule has 0 aromatic carbocycles. The SMILES string of the molecule is C=CC1CC[S+]([O-])C1. The molecule has 0 amide bonds. The van der Waals surface area contributed by atoms with E-state index in [1.165, 1.54) is 0 Å². The molecule has 1 heterocycles. The maximum Gasteiger partial charge on any atom is 0.112 e. The topological polar surface area (TPSA) is 23.1 Å². The Kier molecular flexibility index (Phi) is 1.97. The molecule has 0 radical (unpaired) electrons. The molecular formula is C6H10OS. The van der Waals surface area contributed by atoms with Crippen LogP contribution in [-0.4, -0.2) is 16.1 Å². The summed E-state index contributed by atoms with van der Waals surface area (Å²) < 4.78 is 10.7. The zero-order valence-corrected chi connectivity index (χ0v) is 5.62. The van der Waals surface area contributed by atoms with E-state index in [2.05, 4.69) is 6.58 Å². The zero-order chi connectivity index (χ0) is 5.98. The largest absolute Gasteiger partial charge is 0.616 e. The highest BCUT2D eigenvalue weighted by molar-refractivity contribution is 7.91. The zero-order valence-electron chi connectivity index (χ0n) is 4.80. The fourth-order valence-corrected chi connectivity index (χ4v) is 2.39. The van der Waals surface area contributed by atoms with E-state index in [-0.39, 0.29) is 0 Å². The van der Waals surface area contributed by atoms with Crippen molar-refractivity contribution in [2.75, 3.05) is 11.5 Å². The third-order valence-corrected chi connectivity index (χ3v) is 2.94. The van der Waals surface area contributed by atoms with Crippen LogP contribution in [0.25, 0.3) is 0 Å². The van der Waals surface area contributed by atoms with Crippen molar-refractivity contribution in [2.24, 2.45) is 5.92 Å². The summed E-state index contributed by atoms with van der Waals surface area (Å²) in [5.41, 5.74) is 0. The first-order valence-corrected chi connectivity index (χ1v) is 4.29. The molecule has 2 heteroatoms. The molecule has 8 heavy (non-hydrogen) atoms. The Balaban J connectivity index is 2.32. The molecule has 0 N–H and O–H groups in total. The molecule has 0 aromatic rings. The molecule has 1 saturated heterocycles. The van der Waals surface area contributed by atoms with Crippen LogP contribution in [-0.2, 0) is 11.2 Å². The van der Waals surface area contributed by atoms with E-state index in [4.69, 9.17) is 0 Å². The van der Waals surface area contributed by atoms with Gasteiger partial charge in [-0.3, -0.25) is 0 Å². The summed E-state index contributed by atoms with van der Waals surface area (Å²) in [5, 5.41) is 0. The van der Waals surface area contributed by atoms with Crippen molar-refractivity contribution in [2.45, 2.75) is 6.42 Å². The lowest BCUT2D eigenvalue weighted by Crippen LogP contribution is -2.02. The monoisotopic (exact) mass is 130 g/mol. The van der Waals surface area contributed by atoms with Crippen LogP contribution >= 0.6 is 0 Å². The third-order valence-electron chi connectivity index (χ3n) is 1.45. The lowest BCUT2D eigenvalue weighted by Gasteiger charge is -1.99. The maximum absolute atomic E-state index is 10.7. The lowest BCUT2D eigenvalue weighted by atomic mass is 10.1. The average Bonchev–Trinajstić information content (AvgIpc) is 2.14. The van der Waals surface area contributed by atoms with E-state index in [9.17, 15) is 4.55 Å². The molecule has 0 aliphatic carbocycles. The minimum absolute atomic E-state index is 0.524. The third kappa shape index (κ3) is 1.26. The average molecular weight is 130 g/mol. The molecule has 0 spiro atoms. The summed E-state index contributed by atoms with van der Waals surface area (Å²) in [6, 6.07) is 0. The Bertz CT molecular complexity index is 92.5. The molecule has 0 saturated carbocycles. The van der Waals surface area contributed by atoms with Gasteiger partial charge in [0.25, 0.3) is 0 Å². The van der Waals surface area contributed by atoms with Crippen LogP contribution < -0.4 is 0 Å². The van der Waals surface area contributed by atoms with Crippen LogP contribution in [0.15, 0.2) is 12.7 Å². The summed E-state index contributed by atoms with van der Waals surface area (Å²) in [5.74, 6) is 2.27. The first-order valence-electron chi connectivity index (χ1n) is 2.80. The van der Waals surface area contributed by atoms with Crippen LogP contribution in [0.3, 0.4) is 0 Å². The minimum Gasteiger partial charge on any atom is -0.616 e. The van der Waals surface area contributed by atoms with Gasteiger partial charge in [0.1, 0.15) is 11.5 Å². The van der Waals surface area contributed by atoms with Crippen molar-refractivity contribution in [1.82, 2.24) is 0 Å². The van der Waals surface area contributed by atoms with Gasteiger partial charge in [-0.1, -0.05) is 17.3 Å². The second kappa shape index (κ2) is 2.55. The van der Waals surface area contributed by atoms with Gasteiger partial charge in [-0.05, 0) is 0 Å². The first-order chi connectivity index (χ1) is 3.83. The molecule has 1 aliphatic rings. The Hall–Kier alpha value is 0.0500. The lowest BCUT2D eigenvalue weighted by molar-refractivity contribution is 0.600. The highest BCUT2D eigenvalue weighted by Crippen LogP contribution is 2.18. The van der Waals surface area contributed by atoms with Gasteiger partial charge in [0.15, 0.2) is 0 Å². The van der Waals surface area contributed by atoms with Crippen molar-refractivity contribution >= 4 is 11.2 Å². The maximum atomic E-state index is 10.7. The van der Waals surface area contributed by atoms with Crippen molar-refractivity contribution in [3.05, 3.63) is 12.7 Å². The van der Waals surface area contributed by atoms with Gasteiger partial charge in [-0.25, -0.2) is 0 Å². The van der Waals surface area contributed by atoms with Crippen LogP contribution in [0.1, 0.15) is 6.42 Å². The van der Waals surface area contributed by atoms with Crippen molar-refractivity contribution in [3.63, 3.8) is 0 Å². The standard InChI is InChI=1S/C6H10OS/c1-2-6-3-4-8(7)5-6/h2,6H,1,3-5H2. The molecule has 1 fully saturated rings. The van der Waals surface area contributed by atoms with Crippen molar-refractivity contribution in [3.8, 4) is 0 Å². The van der Waals surface area contributed by atoms with Crippen molar-refractivity contribution in [1.29, 1.82) is 0 Å². The van der Waals surface area contributed by atoms with Gasteiger partial charge < -0.3 is 4.55 Å². The summed E-state index contributed by atoms with van der Waals surface area (Å²) in [6.45, 7) is 3.64. The normalized spacial score (nSPS) is 37.6. The van der Waals surface area contributed by atoms with Gasteiger partial charge in [0.2, 0.25) is 0 Å². The number of hydrogen-bond donors (Lipinski definition) is 0. The molecule has 1 rings (SSSR count). The van der Waals surface area contributed by atoms with Gasteiger partial charge in [-0.15, -0.1) is 6.58 Å². The van der Waals surface area contributed by atoms with Crippen molar-refractivity contribution < 1.29 is 4.55 Å². The predicted octanol–water partition coefficient (Wildman–Crippen LogP) is 0.941. The highest BCUT2D eigenvalue weighted by Gasteiger charge is 2.22. The first kappa shape index (κ1) is 6.17. The fourth-order valence-electron chi connectivity index (χ4n) is 0.874. The Morgan fingerprint density at radius 2 is 2.50 bits per heavy atom. The van der Waals surface area contributed by atoms with E-state index in [0.717, 1.165) is 17.9 Å². The van der Waals surface area contributed by atoms with Crippen LogP contribution in [0.4, 0.5) is 0 Å². The highest BCUT2D eigenvalue weighted by atomic mass is 32.2. The molecule has 0 bridgehead atoms. The summed E-state index contributed by atoms with van der Waals surface area (Å²) >= 11 is -0.524. The van der Waals surface area contributed by atoms with Crippen LogP contribution in [0.2, 0.25) is 0 Å². The van der Waals surface area contributed by atoms with Crippen LogP contribution in [0.5, 0.6) is 0 Å². The number of rotatable bonds is 1. The second-order valence-corrected chi connectivity index (χ2v) is 3.72. The Morgan fingerprint density at radius 3 is 2.75 bits per heavy atom. The van der Waals surface area contributed by atoms with Gasteiger partial charge in [0, 0.05) is 12.3 Å². The second-order valence-electron chi connectivity index (χ2n) is 2.10. The Labute approximate surface area is 53.0 Å². The van der Waals surface area contributed by atoms with E-state index >= 15 is 0 Å². The summed E-state index contributed by atoms with van der Waals surface area (Å²) in [7, 11) is 0. The smallest absolute Gasteiger partial charge is 0.112 e. The van der Waals surface area contributed by atoms with E-state index in [0.29, 0.717) is 5.92 Å². The molecule has 46 valence electrons. The predicted molar refractivity (Wildman–Crippen MR) is 36.2 cm³/mol. The molecule has 0 aromatic heterocycles. The Morgan fingerprint density at radius 1 is 1.75 bits per heavy atom. The molecule has 2 atom stereocenters. The number of allylic oxidation sites excluding steroid dienone is 1. The van der Waals surface area contributed by atoms with Crippen LogP contribution in [0, 0.1) is 5.92 Å². The molecular weight excluding hydrogens is 120 g/mol.